The van der Waals surface area contributed by atoms with Gasteiger partial charge in [0.1, 0.15) is 12.1 Å². The highest BCUT2D eigenvalue weighted by Crippen LogP contribution is 1.50. The third-order valence-corrected chi connectivity index (χ3v) is 0.379. The Morgan fingerprint density at radius 2 is 2.38 bits per heavy atom. The summed E-state index contributed by atoms with van der Waals surface area (Å²) in [5, 5.41) is 0. The van der Waals surface area contributed by atoms with E-state index in [0.717, 1.165) is 6.20 Å². The molecule has 0 saturated carbocycles. The number of carbonyl (C=O) groups is 1. The van der Waals surface area contributed by atoms with Crippen LogP contribution in [0.4, 0.5) is 0 Å². The summed E-state index contributed by atoms with van der Waals surface area (Å²) in [5.74, 6) is 1.17. The Labute approximate surface area is 46.5 Å². The van der Waals surface area contributed by atoms with E-state index < -0.39 is 0 Å². The summed E-state index contributed by atoms with van der Waals surface area (Å²) in [6.45, 7) is 1.33. The largest absolute Gasteiger partial charge is 0.295 e. The van der Waals surface area contributed by atoms with Gasteiger partial charge in [-0.15, -0.1) is 0 Å². The lowest BCUT2D eigenvalue weighted by molar-refractivity contribution is -0.119. The smallest absolute Gasteiger partial charge is 0.235 e. The Morgan fingerprint density at radius 3 is 2.75 bits per heavy atom. The molecule has 0 unspecified atom stereocenters. The van der Waals surface area contributed by atoms with E-state index in [9.17, 15) is 9.59 Å². The van der Waals surface area contributed by atoms with Gasteiger partial charge < -0.3 is 0 Å². The molecule has 1 amide bonds. The lowest BCUT2D eigenvalue weighted by Crippen LogP contribution is -2.31. The summed E-state index contributed by atoms with van der Waals surface area (Å²) in [5.41, 5.74) is 4.33. The molecule has 8 heavy (non-hydrogen) atoms. The molecule has 0 saturated heterocycles. The standard InChI is InChI=1S/C4H6N2O2/c1-4(8)6-5-2-3-7/h2,5H,1H3,(H,6,8). The molecule has 0 spiro atoms. The first-order valence-electron chi connectivity index (χ1n) is 1.99. The molecule has 2 N–H and O–H groups in total. The van der Waals surface area contributed by atoms with Crippen LogP contribution in [0.15, 0.2) is 6.20 Å². The maximum Gasteiger partial charge on any atom is 0.235 e. The van der Waals surface area contributed by atoms with Crippen LogP contribution in [0.25, 0.3) is 0 Å². The van der Waals surface area contributed by atoms with Gasteiger partial charge in [0.25, 0.3) is 0 Å². The van der Waals surface area contributed by atoms with Crippen molar-refractivity contribution in [3.63, 3.8) is 0 Å². The predicted molar refractivity (Wildman–Crippen MR) is 27.2 cm³/mol. The van der Waals surface area contributed by atoms with Gasteiger partial charge in [-0.05, 0) is 0 Å². The molecule has 0 heterocycles. The topological polar surface area (TPSA) is 58.2 Å². The van der Waals surface area contributed by atoms with E-state index in [4.69, 9.17) is 0 Å². The molecule has 0 radical (unpaired) electrons. The number of hydrogen-bond donors (Lipinski definition) is 2. The van der Waals surface area contributed by atoms with E-state index in [2.05, 4.69) is 10.9 Å². The van der Waals surface area contributed by atoms with Gasteiger partial charge in [-0.3, -0.25) is 15.6 Å². The number of carbonyl (C=O) groups excluding carboxylic acids is 2. The van der Waals surface area contributed by atoms with Gasteiger partial charge in [-0.25, -0.2) is 4.79 Å². The Balaban J connectivity index is 3.18. The average molecular weight is 114 g/mol. The maximum absolute atomic E-state index is 10.00. The zero-order chi connectivity index (χ0) is 6.41. The minimum atomic E-state index is -0.253. The Hall–Kier alpha value is -1.28. The summed E-state index contributed by atoms with van der Waals surface area (Å²) >= 11 is 0. The van der Waals surface area contributed by atoms with Crippen LogP contribution in [0, 0.1) is 0 Å². The number of hydrazine groups is 1. The first kappa shape index (κ1) is 6.72. The third-order valence-electron chi connectivity index (χ3n) is 0.379. The fraction of sp³-hybridized carbons (Fsp3) is 0.250. The van der Waals surface area contributed by atoms with Crippen molar-refractivity contribution in [1.29, 1.82) is 0 Å². The molecule has 0 aliphatic carbocycles. The Bertz CT molecular complexity index is 124. The van der Waals surface area contributed by atoms with Crippen LogP contribution in [0.1, 0.15) is 6.92 Å². The quantitative estimate of drug-likeness (QED) is 0.356. The normalized spacial score (nSPS) is 6.62. The monoisotopic (exact) mass is 114 g/mol. The van der Waals surface area contributed by atoms with E-state index >= 15 is 0 Å². The SMILES string of the molecule is CC(=O)NNC=C=O. The van der Waals surface area contributed by atoms with Crippen LogP contribution in [0.2, 0.25) is 0 Å². The van der Waals surface area contributed by atoms with Crippen LogP contribution in [-0.4, -0.2) is 11.8 Å². The maximum atomic E-state index is 10.00. The molecular formula is C4H6N2O2. The minimum absolute atomic E-state index is 0.253. The first-order chi connectivity index (χ1) is 3.77. The van der Waals surface area contributed by atoms with Crippen LogP contribution in [0.3, 0.4) is 0 Å². The van der Waals surface area contributed by atoms with Crippen molar-refractivity contribution in [2.45, 2.75) is 6.92 Å². The van der Waals surface area contributed by atoms with E-state index in [0.29, 0.717) is 0 Å². The Morgan fingerprint density at radius 1 is 1.75 bits per heavy atom. The molecule has 4 heteroatoms. The van der Waals surface area contributed by atoms with Gasteiger partial charge in [0, 0.05) is 6.92 Å². The first-order valence-corrected chi connectivity index (χ1v) is 1.99. The molecular weight excluding hydrogens is 108 g/mol. The molecule has 0 rings (SSSR count). The molecule has 0 aliphatic rings. The van der Waals surface area contributed by atoms with Crippen LogP contribution < -0.4 is 10.9 Å². The second-order valence-electron chi connectivity index (χ2n) is 1.09. The van der Waals surface area contributed by atoms with Crippen molar-refractivity contribution in [3.05, 3.63) is 6.20 Å². The number of rotatable bonds is 2. The van der Waals surface area contributed by atoms with Gasteiger partial charge in [0.15, 0.2) is 0 Å². The minimum Gasteiger partial charge on any atom is -0.295 e. The van der Waals surface area contributed by atoms with Gasteiger partial charge in [-0.1, -0.05) is 0 Å². The zero-order valence-electron chi connectivity index (χ0n) is 4.39. The fourth-order valence-electron chi connectivity index (χ4n) is 0.167. The molecule has 0 fully saturated rings. The number of amides is 1. The summed E-state index contributed by atoms with van der Waals surface area (Å²) in [7, 11) is 0. The van der Waals surface area contributed by atoms with Gasteiger partial charge >= 0.3 is 0 Å². The highest BCUT2D eigenvalue weighted by Gasteiger charge is 1.80. The third kappa shape index (κ3) is 4.72. The molecule has 0 bridgehead atoms. The number of hydrogen-bond acceptors (Lipinski definition) is 3. The van der Waals surface area contributed by atoms with Gasteiger partial charge in [0.2, 0.25) is 5.91 Å². The lowest BCUT2D eigenvalue weighted by atomic mass is 10.8. The highest BCUT2D eigenvalue weighted by atomic mass is 16.2. The molecule has 0 atom stereocenters. The average Bonchev–Trinajstić information content (AvgIpc) is 1.66. The van der Waals surface area contributed by atoms with Crippen molar-refractivity contribution >= 4 is 11.8 Å². The van der Waals surface area contributed by atoms with Crippen LogP contribution >= 0.6 is 0 Å². The summed E-state index contributed by atoms with van der Waals surface area (Å²) < 4.78 is 0. The number of nitrogens with one attached hydrogen (secondary N) is 2. The second kappa shape index (κ2) is 3.89. The molecule has 0 aromatic rings. The molecule has 4 nitrogen and oxygen atoms in total. The van der Waals surface area contributed by atoms with Gasteiger partial charge in [0.05, 0.1) is 0 Å². The zero-order valence-corrected chi connectivity index (χ0v) is 4.39. The van der Waals surface area contributed by atoms with Gasteiger partial charge in [-0.2, -0.15) is 0 Å². The van der Waals surface area contributed by atoms with Crippen molar-refractivity contribution < 1.29 is 9.59 Å². The molecule has 0 aliphatic heterocycles. The highest BCUT2D eigenvalue weighted by molar-refractivity contribution is 5.72. The molecule has 44 valence electrons. The summed E-state index contributed by atoms with van der Waals surface area (Å²) in [4.78, 5) is 19.4. The second-order valence-corrected chi connectivity index (χ2v) is 1.09. The summed E-state index contributed by atoms with van der Waals surface area (Å²) in [6.07, 6.45) is 0.960. The van der Waals surface area contributed by atoms with Crippen molar-refractivity contribution in [2.75, 3.05) is 0 Å². The molecule has 0 aromatic heterocycles. The lowest BCUT2D eigenvalue weighted by Gasteiger charge is -1.94. The van der Waals surface area contributed by atoms with Crippen molar-refractivity contribution in [2.24, 2.45) is 0 Å². The van der Waals surface area contributed by atoms with E-state index in [1.54, 1.807) is 0 Å². The molecule has 0 aromatic carbocycles. The predicted octanol–water partition coefficient (Wildman–Crippen LogP) is -1.03. The van der Waals surface area contributed by atoms with E-state index in [1.165, 1.54) is 12.9 Å². The van der Waals surface area contributed by atoms with E-state index in [-0.39, 0.29) is 5.91 Å². The summed E-state index contributed by atoms with van der Waals surface area (Å²) in [6, 6.07) is 0. The Kier molecular flexibility index (Phi) is 3.27. The van der Waals surface area contributed by atoms with Crippen molar-refractivity contribution in [1.82, 2.24) is 10.9 Å². The fourth-order valence-corrected chi connectivity index (χ4v) is 0.167. The van der Waals surface area contributed by atoms with Crippen LogP contribution in [0.5, 0.6) is 0 Å². The van der Waals surface area contributed by atoms with Crippen LogP contribution in [-0.2, 0) is 9.59 Å². The van der Waals surface area contributed by atoms with E-state index in [1.807, 2.05) is 0 Å². The van der Waals surface area contributed by atoms with Crippen molar-refractivity contribution in [3.8, 4) is 0 Å².